The van der Waals surface area contributed by atoms with Crippen molar-refractivity contribution in [2.45, 2.75) is 12.4 Å². The molecule has 3 atom stereocenters. The van der Waals surface area contributed by atoms with Crippen molar-refractivity contribution in [3.05, 3.63) is 29.8 Å². The summed E-state index contributed by atoms with van der Waals surface area (Å²) in [7, 11) is -4.78. The predicted molar refractivity (Wildman–Crippen MR) is 59.3 cm³/mol. The first kappa shape index (κ1) is 13.9. The van der Waals surface area contributed by atoms with Crippen molar-refractivity contribution < 1.29 is 38.3 Å². The lowest BCUT2D eigenvalue weighted by molar-refractivity contribution is -0.146. The van der Waals surface area contributed by atoms with E-state index in [-0.39, 0.29) is 11.3 Å². The van der Waals surface area contributed by atoms with Gasteiger partial charge in [-0.05, 0) is 12.1 Å². The van der Waals surface area contributed by atoms with E-state index in [1.54, 1.807) is 0 Å². The smallest absolute Gasteiger partial charge is 0.403 e. The number of aliphatic hydroxyl groups is 2. The van der Waals surface area contributed by atoms with Crippen molar-refractivity contribution in [1.82, 2.24) is 0 Å². The summed E-state index contributed by atoms with van der Waals surface area (Å²) < 4.78 is 20.3. The number of benzene rings is 1. The van der Waals surface area contributed by atoms with Gasteiger partial charge in [0.15, 0.2) is 6.10 Å². The third-order valence-corrected chi connectivity index (χ3v) is 3.26. The lowest BCUT2D eigenvalue weighted by Gasteiger charge is -2.17. The third kappa shape index (κ3) is 2.73. The average molecular weight is 288 g/mol. The Morgan fingerprint density at radius 1 is 1.16 bits per heavy atom. The Morgan fingerprint density at radius 3 is 2.47 bits per heavy atom. The highest BCUT2D eigenvalue weighted by atomic mass is 31.2. The summed E-state index contributed by atoms with van der Waals surface area (Å²) in [6, 6.07) is 5.16. The number of hydrogen-bond acceptors (Lipinski definition) is 7. The zero-order valence-electron chi connectivity index (χ0n) is 9.29. The van der Waals surface area contributed by atoms with Gasteiger partial charge >= 0.3 is 7.82 Å². The summed E-state index contributed by atoms with van der Waals surface area (Å²) in [5.74, 6) is -2.88. The van der Waals surface area contributed by atoms with Gasteiger partial charge < -0.3 is 14.7 Å². The van der Waals surface area contributed by atoms with Crippen LogP contribution in [-0.2, 0) is 13.9 Å². The number of ketones is 2. The predicted octanol–water partition coefficient (Wildman–Crippen LogP) is -0.373. The van der Waals surface area contributed by atoms with Gasteiger partial charge in [-0.15, -0.1) is 0 Å². The van der Waals surface area contributed by atoms with E-state index in [9.17, 15) is 29.3 Å². The van der Waals surface area contributed by atoms with E-state index >= 15 is 0 Å². The van der Waals surface area contributed by atoms with E-state index in [1.807, 2.05) is 0 Å². The molecule has 1 heterocycles. The van der Waals surface area contributed by atoms with Crippen LogP contribution in [0.1, 0.15) is 10.4 Å². The standard InChI is InChI=1S/C10H9O8P/c11-7-5-3-1-2-4-6(5)17-19(15,16)18-10(14)9(13)8(7)12/h1-4,9-10,13-14H,(H,15,16). The number of aliphatic hydroxyl groups excluding tert-OH is 2. The van der Waals surface area contributed by atoms with E-state index in [0.717, 1.165) is 0 Å². The molecule has 102 valence electrons. The fraction of sp³-hybridized carbons (Fsp3) is 0.200. The molecule has 19 heavy (non-hydrogen) atoms. The summed E-state index contributed by atoms with van der Waals surface area (Å²) in [5, 5.41) is 18.6. The summed E-state index contributed by atoms with van der Waals surface area (Å²) in [4.78, 5) is 32.7. The second kappa shape index (κ2) is 4.84. The molecule has 0 aliphatic carbocycles. The van der Waals surface area contributed by atoms with Crippen LogP contribution < -0.4 is 4.52 Å². The number of phosphoric ester groups is 1. The highest BCUT2D eigenvalue weighted by molar-refractivity contribution is 7.47. The van der Waals surface area contributed by atoms with E-state index in [4.69, 9.17) is 0 Å². The van der Waals surface area contributed by atoms with E-state index < -0.39 is 31.8 Å². The Balaban J connectivity index is 2.56. The Bertz CT molecular complexity index is 583. The molecular weight excluding hydrogens is 279 g/mol. The van der Waals surface area contributed by atoms with Gasteiger partial charge in [-0.3, -0.25) is 14.5 Å². The van der Waals surface area contributed by atoms with Crippen LogP contribution in [0.25, 0.3) is 0 Å². The maximum atomic E-state index is 11.8. The van der Waals surface area contributed by atoms with Crippen LogP contribution in [-0.4, -0.2) is 39.1 Å². The van der Waals surface area contributed by atoms with Gasteiger partial charge in [0.2, 0.25) is 17.9 Å². The van der Waals surface area contributed by atoms with Crippen LogP contribution in [0.15, 0.2) is 24.3 Å². The lowest BCUT2D eigenvalue weighted by Crippen LogP contribution is -2.39. The molecule has 1 aliphatic heterocycles. The second-order valence-electron chi connectivity index (χ2n) is 3.69. The molecule has 1 aliphatic rings. The number of carbonyl (C=O) groups excluding carboxylic acids is 2. The van der Waals surface area contributed by atoms with Crippen LogP contribution >= 0.6 is 7.82 Å². The zero-order chi connectivity index (χ0) is 14.2. The topological polar surface area (TPSA) is 130 Å². The van der Waals surface area contributed by atoms with Crippen LogP contribution in [0.2, 0.25) is 0 Å². The minimum absolute atomic E-state index is 0.307. The van der Waals surface area contributed by atoms with Crippen molar-refractivity contribution in [3.63, 3.8) is 0 Å². The summed E-state index contributed by atoms with van der Waals surface area (Å²) in [5.41, 5.74) is -0.307. The minimum Gasteiger partial charge on any atom is -0.403 e. The number of hydrogen-bond donors (Lipinski definition) is 3. The van der Waals surface area contributed by atoms with Gasteiger partial charge in [-0.25, -0.2) is 9.09 Å². The van der Waals surface area contributed by atoms with E-state index in [1.165, 1.54) is 24.3 Å². The molecule has 0 saturated carbocycles. The van der Waals surface area contributed by atoms with E-state index in [2.05, 4.69) is 9.05 Å². The first-order valence-corrected chi connectivity index (χ1v) is 6.56. The number of rotatable bonds is 0. The van der Waals surface area contributed by atoms with Crippen molar-refractivity contribution in [2.75, 3.05) is 0 Å². The molecule has 8 nitrogen and oxygen atoms in total. The molecule has 0 radical (unpaired) electrons. The molecule has 0 amide bonds. The Morgan fingerprint density at radius 2 is 1.79 bits per heavy atom. The highest BCUT2D eigenvalue weighted by Crippen LogP contribution is 2.46. The maximum absolute atomic E-state index is 11.8. The second-order valence-corrected chi connectivity index (χ2v) is 5.02. The number of phosphoric acid groups is 1. The monoisotopic (exact) mass is 288 g/mol. The van der Waals surface area contributed by atoms with Gasteiger partial charge in [0, 0.05) is 0 Å². The Labute approximate surface area is 106 Å². The average Bonchev–Trinajstić information content (AvgIpc) is 2.36. The molecule has 3 N–H and O–H groups in total. The van der Waals surface area contributed by atoms with Gasteiger partial charge in [0.25, 0.3) is 0 Å². The fourth-order valence-electron chi connectivity index (χ4n) is 1.47. The number of para-hydroxylation sites is 1. The van der Waals surface area contributed by atoms with Gasteiger partial charge in [0.05, 0.1) is 5.56 Å². The number of fused-ring (bicyclic) bond motifs is 1. The molecule has 0 aromatic heterocycles. The SMILES string of the molecule is O=C1C(=O)C(O)C(O)OP(=O)(O)Oc2ccccc21. The van der Waals surface area contributed by atoms with Crippen LogP contribution in [0, 0.1) is 0 Å². The van der Waals surface area contributed by atoms with Crippen LogP contribution in [0.4, 0.5) is 0 Å². The van der Waals surface area contributed by atoms with Gasteiger partial charge in [-0.2, -0.15) is 0 Å². The molecule has 2 rings (SSSR count). The fourth-order valence-corrected chi connectivity index (χ4v) is 2.31. The molecule has 3 unspecified atom stereocenters. The first-order chi connectivity index (χ1) is 8.82. The first-order valence-electron chi connectivity index (χ1n) is 5.06. The highest BCUT2D eigenvalue weighted by Gasteiger charge is 2.40. The van der Waals surface area contributed by atoms with Crippen molar-refractivity contribution >= 4 is 19.4 Å². The number of carbonyl (C=O) groups is 2. The molecule has 1 aromatic rings. The summed E-state index contributed by atoms with van der Waals surface area (Å²) >= 11 is 0. The van der Waals surface area contributed by atoms with Gasteiger partial charge in [-0.1, -0.05) is 12.1 Å². The van der Waals surface area contributed by atoms with Crippen molar-refractivity contribution in [3.8, 4) is 5.75 Å². The van der Waals surface area contributed by atoms with Gasteiger partial charge in [0.1, 0.15) is 5.75 Å². The third-order valence-electron chi connectivity index (χ3n) is 2.35. The minimum atomic E-state index is -4.78. The lowest BCUT2D eigenvalue weighted by atomic mass is 10.0. The molecule has 0 spiro atoms. The molecule has 1 aromatic carbocycles. The van der Waals surface area contributed by atoms with Crippen molar-refractivity contribution in [1.29, 1.82) is 0 Å². The van der Waals surface area contributed by atoms with Crippen LogP contribution in [0.3, 0.4) is 0 Å². The van der Waals surface area contributed by atoms with Crippen molar-refractivity contribution in [2.24, 2.45) is 0 Å². The molecule has 9 heteroatoms. The zero-order valence-corrected chi connectivity index (χ0v) is 10.2. The van der Waals surface area contributed by atoms with Crippen LogP contribution in [0.5, 0.6) is 5.75 Å². The number of Topliss-reactive ketones (excluding diaryl/α,β-unsaturated/α-hetero) is 2. The molecule has 0 saturated heterocycles. The normalized spacial score (nSPS) is 31.7. The molecular formula is C10H9O8P. The summed E-state index contributed by atoms with van der Waals surface area (Å²) in [6.45, 7) is 0. The maximum Gasteiger partial charge on any atom is 0.529 e. The largest absolute Gasteiger partial charge is 0.529 e. The van der Waals surface area contributed by atoms with E-state index in [0.29, 0.717) is 0 Å². The Hall–Kier alpha value is -1.57. The quantitative estimate of drug-likeness (QED) is 0.435. The molecule has 0 fully saturated rings. The molecule has 0 bridgehead atoms. The Kier molecular flexibility index (Phi) is 3.53. The summed E-state index contributed by atoms with van der Waals surface area (Å²) in [6.07, 6.45) is -4.62.